The van der Waals surface area contributed by atoms with Crippen LogP contribution in [0, 0.1) is 29.1 Å². The van der Waals surface area contributed by atoms with Crippen LogP contribution in [0.5, 0.6) is 0 Å². The fourth-order valence-corrected chi connectivity index (χ4v) is 6.32. The maximum absolute atomic E-state index is 14.8. The third-order valence-electron chi connectivity index (χ3n) is 9.34. The number of fused-ring (bicyclic) bond motifs is 1. The van der Waals surface area contributed by atoms with Gasteiger partial charge in [-0.15, -0.1) is 0 Å². The molecule has 0 aromatic carbocycles. The van der Waals surface area contributed by atoms with E-state index in [0.29, 0.717) is 25.8 Å². The van der Waals surface area contributed by atoms with Crippen molar-refractivity contribution in [1.29, 1.82) is 0 Å². The number of halogens is 3. The average Bonchev–Trinajstić information content (AvgIpc) is 3.22. The van der Waals surface area contributed by atoms with Crippen molar-refractivity contribution in [1.82, 2.24) is 26.0 Å². The minimum absolute atomic E-state index is 0.00338. The number of rotatable bonds is 9. The van der Waals surface area contributed by atoms with Gasteiger partial charge in [-0.3, -0.25) is 29.4 Å². The van der Waals surface area contributed by atoms with E-state index in [1.165, 1.54) is 4.90 Å². The number of piperidine rings is 1. The van der Waals surface area contributed by atoms with Gasteiger partial charge in [0, 0.05) is 13.1 Å². The van der Waals surface area contributed by atoms with E-state index >= 15 is 0 Å². The van der Waals surface area contributed by atoms with Crippen molar-refractivity contribution in [3.05, 3.63) is 0 Å². The van der Waals surface area contributed by atoms with Crippen LogP contribution < -0.4 is 16.1 Å². The minimum atomic E-state index is -2.44. The molecule has 2 saturated carbocycles. The monoisotopic (exact) mass is 573 g/mol. The first-order valence-electron chi connectivity index (χ1n) is 13.7. The SMILES string of the molecule is CC[C@H](C)[C@H](NC(=O)C1(F)CCC1)C(=O)N1C[C@H]2[C@@H]([C@H]1C(=O)NN(C[C@@H]1CCNC1=O)C(=O)[C@H](F)Cl)C2(C)C. The molecule has 4 rings (SSSR count). The van der Waals surface area contributed by atoms with Crippen molar-refractivity contribution in [2.24, 2.45) is 29.1 Å². The minimum Gasteiger partial charge on any atom is -0.356 e. The van der Waals surface area contributed by atoms with Gasteiger partial charge in [0.15, 0.2) is 5.67 Å². The van der Waals surface area contributed by atoms with Gasteiger partial charge in [-0.2, -0.15) is 0 Å². The summed E-state index contributed by atoms with van der Waals surface area (Å²) in [4.78, 5) is 66.2. The Morgan fingerprint density at radius 1 is 1.26 bits per heavy atom. The molecule has 39 heavy (non-hydrogen) atoms. The summed E-state index contributed by atoms with van der Waals surface area (Å²) in [6.45, 7) is 7.95. The second-order valence-corrected chi connectivity index (χ2v) is 12.4. The summed E-state index contributed by atoms with van der Waals surface area (Å²) >= 11 is 5.40. The van der Waals surface area contributed by atoms with Crippen LogP contribution in [-0.4, -0.2) is 82.5 Å². The molecule has 13 heteroatoms. The Morgan fingerprint density at radius 3 is 2.44 bits per heavy atom. The molecule has 0 bridgehead atoms. The van der Waals surface area contributed by atoms with E-state index in [1.54, 1.807) is 6.92 Å². The van der Waals surface area contributed by atoms with Crippen molar-refractivity contribution < 1.29 is 32.8 Å². The number of hydrazine groups is 1. The Labute approximate surface area is 231 Å². The van der Waals surface area contributed by atoms with E-state index in [9.17, 15) is 32.8 Å². The van der Waals surface area contributed by atoms with E-state index in [4.69, 9.17) is 11.6 Å². The number of amides is 5. The van der Waals surface area contributed by atoms with E-state index in [-0.39, 0.29) is 55.0 Å². The highest BCUT2D eigenvalue weighted by molar-refractivity contribution is 6.29. The smallest absolute Gasteiger partial charge is 0.291 e. The average molecular weight is 574 g/mol. The van der Waals surface area contributed by atoms with Gasteiger partial charge < -0.3 is 15.5 Å². The molecule has 2 aliphatic heterocycles. The molecular formula is C26H38ClF2N5O5. The molecular weight excluding hydrogens is 536 g/mol. The van der Waals surface area contributed by atoms with E-state index in [0.717, 1.165) is 5.01 Å². The molecule has 0 spiro atoms. The Kier molecular flexibility index (Phi) is 8.18. The van der Waals surface area contributed by atoms with Gasteiger partial charge in [0.1, 0.15) is 12.1 Å². The zero-order valence-electron chi connectivity index (χ0n) is 22.8. The third kappa shape index (κ3) is 5.45. The van der Waals surface area contributed by atoms with E-state index in [1.807, 2.05) is 20.8 Å². The zero-order valence-corrected chi connectivity index (χ0v) is 23.5. The predicted octanol–water partition coefficient (Wildman–Crippen LogP) is 1.42. The molecule has 218 valence electrons. The summed E-state index contributed by atoms with van der Waals surface area (Å²) in [5.74, 6) is -4.79. The largest absolute Gasteiger partial charge is 0.356 e. The lowest BCUT2D eigenvalue weighted by Crippen LogP contribution is -2.62. The van der Waals surface area contributed by atoms with Crippen molar-refractivity contribution in [2.45, 2.75) is 83.2 Å². The predicted molar refractivity (Wildman–Crippen MR) is 137 cm³/mol. The molecule has 0 radical (unpaired) electrons. The molecule has 3 N–H and O–H groups in total. The molecule has 2 heterocycles. The standard InChI is InChI=1S/C26H38ClF2N5O5/c1-5-13(2)17(31-24(39)26(29)8-6-9-26)22(37)33-12-15-16(25(15,3)4)18(33)21(36)32-34(23(38)19(27)28)11-14-7-10-30-20(14)35/h13-19H,5-12H2,1-4H3,(H,30,35)(H,31,39)(H,32,36)/t13-,14-,15-,16-,17-,18-,19-/m0/s1. The second kappa shape index (κ2) is 10.8. The molecule has 0 unspecified atom stereocenters. The van der Waals surface area contributed by atoms with Gasteiger partial charge in [-0.05, 0) is 48.9 Å². The topological polar surface area (TPSA) is 128 Å². The first-order valence-corrected chi connectivity index (χ1v) is 14.1. The third-order valence-corrected chi connectivity index (χ3v) is 9.53. The molecule has 0 aromatic heterocycles. The number of hydrogen-bond donors (Lipinski definition) is 3. The number of carbonyl (C=O) groups is 5. The number of nitrogens with zero attached hydrogens (tertiary/aromatic N) is 2. The van der Waals surface area contributed by atoms with Crippen molar-refractivity contribution >= 4 is 41.1 Å². The Bertz CT molecular complexity index is 1040. The summed E-state index contributed by atoms with van der Waals surface area (Å²) in [7, 11) is 0. The molecule has 5 amide bonds. The van der Waals surface area contributed by atoms with E-state index in [2.05, 4.69) is 16.1 Å². The fourth-order valence-electron chi connectivity index (χ4n) is 6.21. The highest BCUT2D eigenvalue weighted by Gasteiger charge is 2.70. The molecule has 4 aliphatic rings. The Hall–Kier alpha value is -2.50. The van der Waals surface area contributed by atoms with Gasteiger partial charge in [0.2, 0.25) is 11.8 Å². The summed E-state index contributed by atoms with van der Waals surface area (Å²) in [5, 5.41) is 5.96. The first kappa shape index (κ1) is 29.5. The number of alkyl halides is 3. The second-order valence-electron chi connectivity index (χ2n) is 12.0. The lowest BCUT2D eigenvalue weighted by Gasteiger charge is -2.38. The summed E-state index contributed by atoms with van der Waals surface area (Å²) in [6.07, 6.45) is 1.73. The number of carbonyl (C=O) groups excluding carboxylic acids is 5. The molecule has 2 aliphatic carbocycles. The van der Waals surface area contributed by atoms with Gasteiger partial charge in [0.25, 0.3) is 23.4 Å². The van der Waals surface area contributed by atoms with Gasteiger partial charge in [-0.1, -0.05) is 45.7 Å². The lowest BCUT2D eigenvalue weighted by molar-refractivity contribution is -0.151. The Balaban J connectivity index is 1.55. The first-order chi connectivity index (χ1) is 18.2. The molecule has 7 atom stereocenters. The highest BCUT2D eigenvalue weighted by Crippen LogP contribution is 2.65. The van der Waals surface area contributed by atoms with Crippen LogP contribution in [0.1, 0.15) is 59.8 Å². The molecule has 10 nitrogen and oxygen atoms in total. The normalized spacial score (nSPS) is 30.2. The van der Waals surface area contributed by atoms with E-state index < -0.39 is 52.9 Å². The van der Waals surface area contributed by atoms with Crippen LogP contribution in [0.15, 0.2) is 0 Å². The van der Waals surface area contributed by atoms with Crippen LogP contribution >= 0.6 is 11.6 Å². The fraction of sp³-hybridized carbons (Fsp3) is 0.808. The lowest BCUT2D eigenvalue weighted by atomic mass is 9.81. The number of hydrogen-bond acceptors (Lipinski definition) is 5. The number of nitrogens with one attached hydrogen (secondary N) is 3. The Morgan fingerprint density at radius 2 is 1.92 bits per heavy atom. The molecule has 0 aromatic rings. The van der Waals surface area contributed by atoms with Crippen LogP contribution in [0.4, 0.5) is 8.78 Å². The van der Waals surface area contributed by atoms with Crippen LogP contribution in [-0.2, 0) is 24.0 Å². The summed E-state index contributed by atoms with van der Waals surface area (Å²) in [6, 6.07) is -2.05. The van der Waals surface area contributed by atoms with Gasteiger partial charge >= 0.3 is 0 Å². The van der Waals surface area contributed by atoms with Crippen LogP contribution in [0.2, 0.25) is 0 Å². The quantitative estimate of drug-likeness (QED) is 0.284. The van der Waals surface area contributed by atoms with Gasteiger partial charge in [-0.25, -0.2) is 13.8 Å². The van der Waals surface area contributed by atoms with Crippen LogP contribution in [0.3, 0.4) is 0 Å². The molecule has 2 saturated heterocycles. The zero-order chi connectivity index (χ0) is 28.9. The highest BCUT2D eigenvalue weighted by atomic mass is 35.5. The summed E-state index contributed by atoms with van der Waals surface area (Å²) in [5.41, 5.74) is -2.26. The maximum Gasteiger partial charge on any atom is 0.291 e. The van der Waals surface area contributed by atoms with Crippen molar-refractivity contribution in [3.8, 4) is 0 Å². The summed E-state index contributed by atoms with van der Waals surface area (Å²) < 4.78 is 28.6. The van der Waals surface area contributed by atoms with Crippen molar-refractivity contribution in [3.63, 3.8) is 0 Å². The van der Waals surface area contributed by atoms with Crippen molar-refractivity contribution in [2.75, 3.05) is 19.6 Å². The number of likely N-dealkylation sites (tertiary alicyclic amines) is 1. The van der Waals surface area contributed by atoms with Crippen LogP contribution in [0.25, 0.3) is 0 Å². The van der Waals surface area contributed by atoms with Gasteiger partial charge in [0.05, 0.1) is 12.5 Å². The maximum atomic E-state index is 14.8. The molecule has 4 fully saturated rings.